The molecule has 10 heteroatoms. The fourth-order valence-electron chi connectivity index (χ4n) is 2.36. The first kappa shape index (κ1) is 22.4. The highest BCUT2D eigenvalue weighted by molar-refractivity contribution is 9.10. The van der Waals surface area contributed by atoms with Gasteiger partial charge in [-0.1, -0.05) is 12.1 Å². The van der Waals surface area contributed by atoms with Gasteiger partial charge in [-0.2, -0.15) is 5.26 Å². The summed E-state index contributed by atoms with van der Waals surface area (Å²) in [6, 6.07) is 9.99. The van der Waals surface area contributed by atoms with Crippen molar-refractivity contribution in [3.63, 3.8) is 0 Å². The summed E-state index contributed by atoms with van der Waals surface area (Å²) in [5, 5.41) is 19.9. The summed E-state index contributed by atoms with van der Waals surface area (Å²) >= 11 is 3.36. The minimum absolute atomic E-state index is 0.147. The molecular formula is C20H16BrN3O6. The highest BCUT2D eigenvalue weighted by atomic mass is 79.9. The van der Waals surface area contributed by atoms with Gasteiger partial charge in [0.2, 0.25) is 0 Å². The molecule has 0 atom stereocenters. The van der Waals surface area contributed by atoms with Gasteiger partial charge in [0.1, 0.15) is 18.2 Å². The van der Waals surface area contributed by atoms with Gasteiger partial charge in [0.05, 0.1) is 17.1 Å². The van der Waals surface area contributed by atoms with Crippen molar-refractivity contribution < 1.29 is 29.0 Å². The van der Waals surface area contributed by atoms with Crippen LogP contribution in [0.2, 0.25) is 0 Å². The van der Waals surface area contributed by atoms with Crippen LogP contribution in [0.15, 0.2) is 46.4 Å². The quantitative estimate of drug-likeness (QED) is 0.412. The van der Waals surface area contributed by atoms with Crippen LogP contribution in [0.4, 0.5) is 4.79 Å². The standard InChI is InChI=1S/C20H16BrN3O6/c1-29-16-8-12(6-14(9-22)18(25)24-20(23)28)7-15(21)17(16)30-10-11-2-4-13(5-3-11)19(26)27/h2-8H,10H2,1H3,(H,26,27)(H3,23,24,25,28)/b14-6-. The van der Waals surface area contributed by atoms with Crippen molar-refractivity contribution in [2.75, 3.05) is 7.11 Å². The predicted molar refractivity (Wildman–Crippen MR) is 110 cm³/mol. The number of rotatable bonds is 7. The summed E-state index contributed by atoms with van der Waals surface area (Å²) in [5.41, 5.74) is 5.92. The number of methoxy groups -OCH3 is 1. The van der Waals surface area contributed by atoms with E-state index in [4.69, 9.17) is 25.6 Å². The lowest BCUT2D eigenvalue weighted by Gasteiger charge is -2.14. The topological polar surface area (TPSA) is 152 Å². The number of nitrogens with two attached hydrogens (primary N) is 1. The average molecular weight is 474 g/mol. The maximum absolute atomic E-state index is 11.8. The van der Waals surface area contributed by atoms with Crippen molar-refractivity contribution in [1.82, 2.24) is 5.32 Å². The van der Waals surface area contributed by atoms with E-state index in [1.54, 1.807) is 30.3 Å². The van der Waals surface area contributed by atoms with Crippen molar-refractivity contribution >= 4 is 39.9 Å². The number of primary amides is 1. The van der Waals surface area contributed by atoms with Crippen LogP contribution < -0.4 is 20.5 Å². The second-order valence-electron chi connectivity index (χ2n) is 5.81. The van der Waals surface area contributed by atoms with Gasteiger partial charge in [0.15, 0.2) is 11.5 Å². The van der Waals surface area contributed by atoms with E-state index >= 15 is 0 Å². The number of benzene rings is 2. The zero-order chi connectivity index (χ0) is 22.3. The molecule has 0 heterocycles. The highest BCUT2D eigenvalue weighted by Crippen LogP contribution is 2.37. The Hall–Kier alpha value is -3.84. The number of ether oxygens (including phenoxy) is 2. The zero-order valence-electron chi connectivity index (χ0n) is 15.6. The third-order valence-electron chi connectivity index (χ3n) is 3.75. The molecule has 0 radical (unpaired) electrons. The molecule has 0 spiro atoms. The van der Waals surface area contributed by atoms with E-state index in [9.17, 15) is 14.4 Å². The Balaban J connectivity index is 2.25. The summed E-state index contributed by atoms with van der Waals surface area (Å²) in [7, 11) is 1.43. The Labute approximate surface area is 179 Å². The van der Waals surface area contributed by atoms with E-state index in [2.05, 4.69) is 15.9 Å². The predicted octanol–water partition coefficient (Wildman–Crippen LogP) is 2.84. The van der Waals surface area contributed by atoms with Crippen LogP contribution in [0.5, 0.6) is 11.5 Å². The molecule has 0 aliphatic carbocycles. The molecule has 0 aliphatic rings. The SMILES string of the molecule is COc1cc(/C=C(/C#N)C(=O)NC(N)=O)cc(Br)c1OCc1ccc(C(=O)O)cc1. The second-order valence-corrected chi connectivity index (χ2v) is 6.67. The van der Waals surface area contributed by atoms with Crippen LogP contribution in [0.3, 0.4) is 0 Å². The van der Waals surface area contributed by atoms with E-state index in [0.29, 0.717) is 21.5 Å². The normalized spacial score (nSPS) is 10.6. The summed E-state index contributed by atoms with van der Waals surface area (Å²) in [6.07, 6.45) is 1.26. The van der Waals surface area contributed by atoms with Crippen LogP contribution >= 0.6 is 15.9 Å². The first-order valence-corrected chi connectivity index (χ1v) is 9.09. The van der Waals surface area contributed by atoms with E-state index in [1.165, 1.54) is 25.3 Å². The van der Waals surface area contributed by atoms with Gasteiger partial charge in [0, 0.05) is 0 Å². The van der Waals surface area contributed by atoms with Gasteiger partial charge in [-0.3, -0.25) is 10.1 Å². The maximum Gasteiger partial charge on any atom is 0.335 e. The van der Waals surface area contributed by atoms with E-state index in [0.717, 1.165) is 5.56 Å². The van der Waals surface area contributed by atoms with Crippen LogP contribution in [0.1, 0.15) is 21.5 Å². The molecule has 3 amide bonds. The summed E-state index contributed by atoms with van der Waals surface area (Å²) in [4.78, 5) is 33.5. The molecule has 2 aromatic carbocycles. The number of carboxylic acid groups (broad SMARTS) is 1. The molecule has 2 rings (SSSR count). The largest absolute Gasteiger partial charge is 0.493 e. The van der Waals surface area contributed by atoms with Crippen LogP contribution in [0.25, 0.3) is 6.08 Å². The molecule has 154 valence electrons. The number of halogens is 1. The van der Waals surface area contributed by atoms with Gasteiger partial charge < -0.3 is 20.3 Å². The van der Waals surface area contributed by atoms with Gasteiger partial charge in [-0.05, 0) is 57.4 Å². The molecule has 0 aliphatic heterocycles. The number of hydrogen-bond donors (Lipinski definition) is 3. The molecule has 0 bridgehead atoms. The van der Waals surface area contributed by atoms with Gasteiger partial charge >= 0.3 is 12.0 Å². The van der Waals surface area contributed by atoms with Crippen LogP contribution in [0, 0.1) is 11.3 Å². The minimum Gasteiger partial charge on any atom is -0.493 e. The molecule has 0 aromatic heterocycles. The number of carbonyl (C=O) groups is 3. The van der Waals surface area contributed by atoms with Crippen LogP contribution in [-0.2, 0) is 11.4 Å². The number of hydrogen-bond acceptors (Lipinski definition) is 6. The molecule has 4 N–H and O–H groups in total. The van der Waals surface area contributed by atoms with E-state index in [-0.39, 0.29) is 17.7 Å². The lowest BCUT2D eigenvalue weighted by molar-refractivity contribution is -0.115. The number of nitrogens with one attached hydrogen (secondary N) is 1. The number of carboxylic acids is 1. The van der Waals surface area contributed by atoms with Crippen molar-refractivity contribution in [3.05, 3.63) is 63.1 Å². The molecule has 0 saturated heterocycles. The maximum atomic E-state index is 11.8. The minimum atomic E-state index is -1.07. The zero-order valence-corrected chi connectivity index (χ0v) is 17.2. The number of aromatic carboxylic acids is 1. The van der Waals surface area contributed by atoms with Crippen molar-refractivity contribution in [2.45, 2.75) is 6.61 Å². The summed E-state index contributed by atoms with van der Waals surface area (Å²) in [5.74, 6) is -1.25. The Morgan fingerprint density at radius 2 is 1.93 bits per heavy atom. The average Bonchev–Trinajstić information content (AvgIpc) is 2.70. The molecule has 9 nitrogen and oxygen atoms in total. The van der Waals surface area contributed by atoms with E-state index in [1.807, 2.05) is 5.32 Å². The molecular weight excluding hydrogens is 458 g/mol. The monoisotopic (exact) mass is 473 g/mol. The first-order chi connectivity index (χ1) is 14.2. The fraction of sp³-hybridized carbons (Fsp3) is 0.100. The Morgan fingerprint density at radius 3 is 2.47 bits per heavy atom. The molecule has 0 unspecified atom stereocenters. The van der Waals surface area contributed by atoms with Gasteiger partial charge in [0.25, 0.3) is 5.91 Å². The van der Waals surface area contributed by atoms with Crippen molar-refractivity contribution in [3.8, 4) is 17.6 Å². The number of nitriles is 1. The number of nitrogens with zero attached hydrogens (tertiary/aromatic N) is 1. The lowest BCUT2D eigenvalue weighted by atomic mass is 10.1. The smallest absolute Gasteiger partial charge is 0.335 e. The third-order valence-corrected chi connectivity index (χ3v) is 4.34. The summed E-state index contributed by atoms with van der Waals surface area (Å²) < 4.78 is 11.6. The number of urea groups is 1. The first-order valence-electron chi connectivity index (χ1n) is 8.30. The summed E-state index contributed by atoms with van der Waals surface area (Å²) in [6.45, 7) is 0.147. The lowest BCUT2D eigenvalue weighted by Crippen LogP contribution is -2.35. The Morgan fingerprint density at radius 1 is 1.27 bits per heavy atom. The fourth-order valence-corrected chi connectivity index (χ4v) is 2.93. The molecule has 2 aromatic rings. The van der Waals surface area contributed by atoms with Crippen molar-refractivity contribution in [1.29, 1.82) is 5.26 Å². The molecule has 0 saturated carbocycles. The number of carbonyl (C=O) groups excluding carboxylic acids is 2. The third kappa shape index (κ3) is 5.83. The molecule has 30 heavy (non-hydrogen) atoms. The van der Waals surface area contributed by atoms with Crippen molar-refractivity contribution in [2.24, 2.45) is 5.73 Å². The van der Waals surface area contributed by atoms with Gasteiger partial charge in [-0.25, -0.2) is 9.59 Å². The van der Waals surface area contributed by atoms with Gasteiger partial charge in [-0.15, -0.1) is 0 Å². The second kappa shape index (κ2) is 10.1. The highest BCUT2D eigenvalue weighted by Gasteiger charge is 2.15. The Kier molecular flexibility index (Phi) is 7.55. The number of imide groups is 1. The Bertz CT molecular complexity index is 1060. The van der Waals surface area contributed by atoms with E-state index < -0.39 is 17.9 Å². The number of amides is 3. The molecule has 0 fully saturated rings. The van der Waals surface area contributed by atoms with Crippen LogP contribution in [-0.4, -0.2) is 30.1 Å².